The van der Waals surface area contributed by atoms with Crippen molar-refractivity contribution in [2.24, 2.45) is 0 Å². The maximum atomic E-state index is 13.3. The molecule has 4 nitrogen and oxygen atoms in total. The molecule has 25 heavy (non-hydrogen) atoms. The molecule has 0 saturated carbocycles. The fourth-order valence-electron chi connectivity index (χ4n) is 3.20. The average molecular weight is 334 g/mol. The largest absolute Gasteiger partial charge is 0.294 e. The van der Waals surface area contributed by atoms with E-state index in [1.165, 1.54) is 23.4 Å². The molecule has 4 rings (SSSR count). The van der Waals surface area contributed by atoms with Gasteiger partial charge in [-0.2, -0.15) is 0 Å². The van der Waals surface area contributed by atoms with Gasteiger partial charge >= 0.3 is 0 Å². The summed E-state index contributed by atoms with van der Waals surface area (Å²) in [4.78, 5) is 15.7. The van der Waals surface area contributed by atoms with Crippen LogP contribution in [-0.2, 0) is 19.5 Å². The lowest BCUT2D eigenvalue weighted by Crippen LogP contribution is -2.31. The lowest BCUT2D eigenvalue weighted by Gasteiger charge is -2.27. The molecule has 0 spiro atoms. The zero-order valence-electron chi connectivity index (χ0n) is 14.1. The van der Waals surface area contributed by atoms with E-state index in [1.54, 1.807) is 6.07 Å². The van der Waals surface area contributed by atoms with E-state index in [4.69, 9.17) is 0 Å². The molecule has 3 heterocycles. The van der Waals surface area contributed by atoms with Crippen LogP contribution in [0.25, 0.3) is 11.3 Å². The zero-order chi connectivity index (χ0) is 17.2. The smallest absolute Gasteiger partial charge is 0.125 e. The first kappa shape index (κ1) is 15.8. The normalized spacial score (nSPS) is 14.3. The molecule has 0 fully saturated rings. The van der Waals surface area contributed by atoms with Crippen LogP contribution in [0.4, 0.5) is 4.39 Å². The Morgan fingerprint density at radius 2 is 2.04 bits per heavy atom. The minimum absolute atomic E-state index is 0.243. The Balaban J connectivity index is 1.46. The maximum absolute atomic E-state index is 13.3. The monoisotopic (exact) mass is 334 g/mol. The molecular formula is C20H19FN4. The first-order chi connectivity index (χ1) is 12.2. The van der Waals surface area contributed by atoms with Gasteiger partial charge in [0.15, 0.2) is 0 Å². The second kappa shape index (κ2) is 6.69. The summed E-state index contributed by atoms with van der Waals surface area (Å²) in [5.41, 5.74) is 5.11. The number of hydrogen-bond donors (Lipinski definition) is 0. The van der Waals surface area contributed by atoms with Crippen LogP contribution in [0.3, 0.4) is 0 Å². The summed E-state index contributed by atoms with van der Waals surface area (Å²) in [6.45, 7) is 4.61. The molecule has 0 radical (unpaired) electrons. The van der Waals surface area contributed by atoms with Crippen molar-refractivity contribution in [1.29, 1.82) is 0 Å². The van der Waals surface area contributed by atoms with E-state index in [2.05, 4.69) is 25.9 Å². The lowest BCUT2D eigenvalue weighted by atomic mass is 10.1. The molecule has 0 amide bonds. The molecule has 1 aliphatic rings. The van der Waals surface area contributed by atoms with E-state index >= 15 is 0 Å². The highest BCUT2D eigenvalue weighted by Gasteiger charge is 2.18. The summed E-state index contributed by atoms with van der Waals surface area (Å²) in [7, 11) is 0. The van der Waals surface area contributed by atoms with Crippen LogP contribution < -0.4 is 0 Å². The molecule has 0 N–H and O–H groups in total. The molecule has 1 aliphatic heterocycles. The third-order valence-electron chi connectivity index (χ3n) is 4.48. The maximum Gasteiger partial charge on any atom is 0.125 e. The van der Waals surface area contributed by atoms with E-state index in [0.717, 1.165) is 48.7 Å². The number of hydrogen-bond acceptors (Lipinski definition) is 4. The highest BCUT2D eigenvalue weighted by molar-refractivity contribution is 5.58. The van der Waals surface area contributed by atoms with E-state index < -0.39 is 0 Å². The standard InChI is InChI=1S/C20H19FN4/c1-14-22-11-17-13-25(8-7-20(17)24-14)12-15-5-6-19(23-10-15)16-3-2-4-18(21)9-16/h2-6,9-11H,7-8,12-13H2,1H3. The van der Waals surface area contributed by atoms with Gasteiger partial charge in [0.25, 0.3) is 0 Å². The summed E-state index contributed by atoms with van der Waals surface area (Å²) >= 11 is 0. The molecular weight excluding hydrogens is 315 g/mol. The summed E-state index contributed by atoms with van der Waals surface area (Å²) in [6, 6.07) is 10.5. The number of aromatic nitrogens is 3. The van der Waals surface area contributed by atoms with Crippen LogP contribution in [-0.4, -0.2) is 26.4 Å². The van der Waals surface area contributed by atoms with Crippen LogP contribution in [0, 0.1) is 12.7 Å². The summed E-state index contributed by atoms with van der Waals surface area (Å²) in [6.07, 6.45) is 4.77. The molecule has 2 aromatic heterocycles. The Labute approximate surface area is 146 Å². The van der Waals surface area contributed by atoms with Gasteiger partial charge in [-0.05, 0) is 30.7 Å². The van der Waals surface area contributed by atoms with Gasteiger partial charge in [0.2, 0.25) is 0 Å². The van der Waals surface area contributed by atoms with Crippen LogP contribution in [0.1, 0.15) is 22.6 Å². The second-order valence-corrected chi connectivity index (χ2v) is 6.41. The minimum atomic E-state index is -0.243. The number of nitrogens with zero attached hydrogens (tertiary/aromatic N) is 4. The predicted molar refractivity (Wildman–Crippen MR) is 94.2 cm³/mol. The van der Waals surface area contributed by atoms with Crippen molar-refractivity contribution in [3.63, 3.8) is 0 Å². The third kappa shape index (κ3) is 3.56. The predicted octanol–water partition coefficient (Wildman–Crippen LogP) is 3.54. The molecule has 0 unspecified atom stereocenters. The SMILES string of the molecule is Cc1ncc2c(n1)CCN(Cc1ccc(-c3cccc(F)c3)nc1)C2. The molecule has 1 aromatic carbocycles. The highest BCUT2D eigenvalue weighted by atomic mass is 19.1. The summed E-state index contributed by atoms with van der Waals surface area (Å²) < 4.78 is 13.3. The van der Waals surface area contributed by atoms with Crippen molar-refractivity contribution in [2.75, 3.05) is 6.54 Å². The van der Waals surface area contributed by atoms with Crippen molar-refractivity contribution in [1.82, 2.24) is 19.9 Å². The van der Waals surface area contributed by atoms with Crippen molar-refractivity contribution >= 4 is 0 Å². The van der Waals surface area contributed by atoms with Crippen molar-refractivity contribution in [3.05, 3.63) is 77.3 Å². The number of aryl methyl sites for hydroxylation is 1. The molecule has 5 heteroatoms. The minimum Gasteiger partial charge on any atom is -0.294 e. The fourth-order valence-corrected chi connectivity index (χ4v) is 3.20. The van der Waals surface area contributed by atoms with Crippen molar-refractivity contribution in [3.8, 4) is 11.3 Å². The van der Waals surface area contributed by atoms with Gasteiger partial charge < -0.3 is 0 Å². The Morgan fingerprint density at radius 1 is 1.12 bits per heavy atom. The topological polar surface area (TPSA) is 41.9 Å². The molecule has 0 aliphatic carbocycles. The van der Waals surface area contributed by atoms with Crippen molar-refractivity contribution in [2.45, 2.75) is 26.4 Å². The van der Waals surface area contributed by atoms with Crippen LogP contribution in [0.2, 0.25) is 0 Å². The number of pyridine rings is 1. The van der Waals surface area contributed by atoms with E-state index in [1.807, 2.05) is 31.5 Å². The van der Waals surface area contributed by atoms with Crippen LogP contribution >= 0.6 is 0 Å². The average Bonchev–Trinajstić information content (AvgIpc) is 2.62. The third-order valence-corrected chi connectivity index (χ3v) is 4.48. The Hall–Kier alpha value is -2.66. The first-order valence-electron chi connectivity index (χ1n) is 8.42. The number of fused-ring (bicyclic) bond motifs is 1. The van der Waals surface area contributed by atoms with Gasteiger partial charge in [-0.25, -0.2) is 14.4 Å². The molecule has 0 saturated heterocycles. The number of halogens is 1. The Kier molecular flexibility index (Phi) is 4.24. The highest BCUT2D eigenvalue weighted by Crippen LogP contribution is 2.21. The van der Waals surface area contributed by atoms with E-state index in [-0.39, 0.29) is 5.82 Å². The van der Waals surface area contributed by atoms with Crippen LogP contribution in [0.15, 0.2) is 48.8 Å². The Morgan fingerprint density at radius 3 is 2.84 bits per heavy atom. The van der Waals surface area contributed by atoms with E-state index in [0.29, 0.717) is 0 Å². The molecule has 3 aromatic rings. The van der Waals surface area contributed by atoms with Gasteiger partial charge in [-0.3, -0.25) is 9.88 Å². The van der Waals surface area contributed by atoms with Crippen LogP contribution in [0.5, 0.6) is 0 Å². The molecule has 0 atom stereocenters. The Bertz CT molecular complexity index is 892. The molecule has 0 bridgehead atoms. The van der Waals surface area contributed by atoms with Gasteiger partial charge in [0.1, 0.15) is 11.6 Å². The van der Waals surface area contributed by atoms with Gasteiger partial charge in [0.05, 0.1) is 5.69 Å². The van der Waals surface area contributed by atoms with Gasteiger partial charge in [-0.15, -0.1) is 0 Å². The van der Waals surface area contributed by atoms with Gasteiger partial charge in [0, 0.05) is 55.3 Å². The van der Waals surface area contributed by atoms with Crippen molar-refractivity contribution < 1.29 is 4.39 Å². The quantitative estimate of drug-likeness (QED) is 0.735. The number of rotatable bonds is 3. The van der Waals surface area contributed by atoms with E-state index in [9.17, 15) is 4.39 Å². The second-order valence-electron chi connectivity index (χ2n) is 6.41. The lowest BCUT2D eigenvalue weighted by molar-refractivity contribution is 0.242. The zero-order valence-corrected chi connectivity index (χ0v) is 14.1. The van der Waals surface area contributed by atoms with Gasteiger partial charge in [-0.1, -0.05) is 18.2 Å². The summed E-state index contributed by atoms with van der Waals surface area (Å²) in [5, 5.41) is 0. The first-order valence-corrected chi connectivity index (χ1v) is 8.42. The molecule has 126 valence electrons. The number of benzene rings is 1. The summed E-state index contributed by atoms with van der Waals surface area (Å²) in [5.74, 6) is 0.595. The fraction of sp³-hybridized carbons (Fsp3) is 0.250.